The van der Waals surface area contributed by atoms with Crippen LogP contribution in [0, 0.1) is 0 Å². The minimum atomic E-state index is -3.43. The first-order chi connectivity index (χ1) is 14.6. The smallest absolute Gasteiger partial charge is 0.319 e. The summed E-state index contributed by atoms with van der Waals surface area (Å²) in [5.41, 5.74) is 2.28. The Balaban J connectivity index is 1.92. The van der Waals surface area contributed by atoms with Crippen molar-refractivity contribution in [2.24, 2.45) is 0 Å². The van der Waals surface area contributed by atoms with Gasteiger partial charge in [0.15, 0.2) is 0 Å². The third-order valence-corrected chi connectivity index (χ3v) is 7.17. The largest absolute Gasteiger partial charge is 0.328 e. The van der Waals surface area contributed by atoms with Crippen LogP contribution in [0.4, 0.5) is 4.79 Å². The van der Waals surface area contributed by atoms with Crippen LogP contribution in [0.1, 0.15) is 31.4 Å². The average molecular weight is 446 g/mol. The lowest BCUT2D eigenvalue weighted by Crippen LogP contribution is -2.46. The lowest BCUT2D eigenvalue weighted by molar-refractivity contribution is 0.149. The zero-order chi connectivity index (χ0) is 23.0. The van der Waals surface area contributed by atoms with Gasteiger partial charge in [0.1, 0.15) is 0 Å². The van der Waals surface area contributed by atoms with Gasteiger partial charge in [0.2, 0.25) is 10.0 Å². The maximum atomic E-state index is 13.0. The van der Waals surface area contributed by atoms with E-state index in [4.69, 9.17) is 0 Å². The molecule has 31 heavy (non-hydrogen) atoms. The van der Waals surface area contributed by atoms with Crippen LogP contribution < -0.4 is 0 Å². The zero-order valence-corrected chi connectivity index (χ0v) is 20.1. The van der Waals surface area contributed by atoms with Gasteiger partial charge in [0, 0.05) is 40.3 Å². The maximum absolute atomic E-state index is 13.0. The van der Waals surface area contributed by atoms with E-state index < -0.39 is 10.0 Å². The molecular weight excluding hydrogens is 410 g/mol. The molecule has 170 valence electrons. The van der Waals surface area contributed by atoms with E-state index in [9.17, 15) is 13.2 Å². The molecule has 2 amide bonds. The quantitative estimate of drug-likeness (QED) is 0.558. The highest BCUT2D eigenvalue weighted by Gasteiger charge is 2.21. The fourth-order valence-electron chi connectivity index (χ4n) is 3.34. The second-order valence-electron chi connectivity index (χ2n) is 8.26. The monoisotopic (exact) mass is 445 g/mol. The summed E-state index contributed by atoms with van der Waals surface area (Å²) in [6.45, 7) is 5.32. The zero-order valence-electron chi connectivity index (χ0n) is 19.3. The molecule has 0 bridgehead atoms. The van der Waals surface area contributed by atoms with Crippen LogP contribution in [-0.4, -0.2) is 68.8 Å². The Bertz CT molecular complexity index is 926. The Labute approximate surface area is 187 Å². The molecule has 0 aliphatic heterocycles. The van der Waals surface area contributed by atoms with Gasteiger partial charge < -0.3 is 9.80 Å². The predicted octanol–water partition coefficient (Wildman–Crippen LogP) is 3.87. The van der Waals surface area contributed by atoms with E-state index in [1.54, 1.807) is 17.0 Å². The first-order valence-corrected chi connectivity index (χ1v) is 12.1. The van der Waals surface area contributed by atoms with Crippen LogP contribution in [0.15, 0.2) is 59.5 Å². The summed E-state index contributed by atoms with van der Waals surface area (Å²) in [6.07, 6.45) is 2.53. The van der Waals surface area contributed by atoms with Gasteiger partial charge in [-0.3, -0.25) is 0 Å². The fourth-order valence-corrected chi connectivity index (χ4v) is 4.24. The molecule has 0 aliphatic rings. The number of benzene rings is 2. The SMILES string of the molecule is CC(C)N(CCc1ccc(S(=O)(=O)N(C)C)cc1)C(=O)N(C)CCCc1ccccc1. The van der Waals surface area contributed by atoms with Gasteiger partial charge in [-0.1, -0.05) is 42.5 Å². The first-order valence-electron chi connectivity index (χ1n) is 10.7. The molecule has 0 radical (unpaired) electrons. The maximum Gasteiger partial charge on any atom is 0.319 e. The molecule has 2 aromatic rings. The summed E-state index contributed by atoms with van der Waals surface area (Å²) >= 11 is 0. The highest BCUT2D eigenvalue weighted by molar-refractivity contribution is 7.89. The van der Waals surface area contributed by atoms with Crippen LogP contribution in [0.2, 0.25) is 0 Å². The Kier molecular flexibility index (Phi) is 9.07. The van der Waals surface area contributed by atoms with E-state index in [-0.39, 0.29) is 17.0 Å². The number of sulfonamides is 1. The first kappa shape index (κ1) is 24.9. The van der Waals surface area contributed by atoms with Crippen LogP contribution in [0.5, 0.6) is 0 Å². The van der Waals surface area contributed by atoms with Crippen molar-refractivity contribution in [1.82, 2.24) is 14.1 Å². The number of aryl methyl sites for hydroxylation is 1. The lowest BCUT2D eigenvalue weighted by atomic mass is 10.1. The highest BCUT2D eigenvalue weighted by Crippen LogP contribution is 2.15. The molecule has 2 rings (SSSR count). The fraction of sp³-hybridized carbons (Fsp3) is 0.458. The molecule has 0 spiro atoms. The number of nitrogens with zero attached hydrogens (tertiary/aromatic N) is 3. The minimum absolute atomic E-state index is 0.0230. The van der Waals surface area contributed by atoms with E-state index >= 15 is 0 Å². The molecule has 0 saturated heterocycles. The molecular formula is C24H35N3O3S. The molecule has 0 heterocycles. The molecule has 7 heteroatoms. The lowest BCUT2D eigenvalue weighted by Gasteiger charge is -2.31. The second kappa shape index (κ2) is 11.3. The number of urea groups is 1. The van der Waals surface area contributed by atoms with Crippen molar-refractivity contribution in [2.75, 3.05) is 34.2 Å². The van der Waals surface area contributed by atoms with Crippen molar-refractivity contribution in [3.05, 3.63) is 65.7 Å². The molecule has 6 nitrogen and oxygen atoms in total. The van der Waals surface area contributed by atoms with Crippen LogP contribution >= 0.6 is 0 Å². The molecule has 0 unspecified atom stereocenters. The van der Waals surface area contributed by atoms with Crippen molar-refractivity contribution in [2.45, 2.75) is 44.0 Å². The van der Waals surface area contributed by atoms with Crippen LogP contribution in [0.3, 0.4) is 0 Å². The Morgan fingerprint density at radius 1 is 0.839 bits per heavy atom. The van der Waals surface area contributed by atoms with Crippen molar-refractivity contribution >= 4 is 16.1 Å². The number of hydrogen-bond donors (Lipinski definition) is 0. The summed E-state index contributed by atoms with van der Waals surface area (Å²) in [7, 11) is 1.46. The van der Waals surface area contributed by atoms with Crippen LogP contribution in [0.25, 0.3) is 0 Å². The van der Waals surface area contributed by atoms with E-state index in [2.05, 4.69) is 12.1 Å². The van der Waals surface area contributed by atoms with E-state index in [0.717, 1.165) is 18.4 Å². The topological polar surface area (TPSA) is 60.9 Å². The van der Waals surface area contributed by atoms with Gasteiger partial charge in [-0.25, -0.2) is 17.5 Å². The number of carbonyl (C=O) groups excluding carboxylic acids is 1. The van der Waals surface area contributed by atoms with Gasteiger partial charge in [-0.2, -0.15) is 0 Å². The minimum Gasteiger partial charge on any atom is -0.328 e. The molecule has 0 atom stereocenters. The van der Waals surface area contributed by atoms with Crippen molar-refractivity contribution < 1.29 is 13.2 Å². The third-order valence-electron chi connectivity index (χ3n) is 5.34. The normalized spacial score (nSPS) is 11.7. The number of hydrogen-bond acceptors (Lipinski definition) is 3. The summed E-state index contributed by atoms with van der Waals surface area (Å²) in [5.74, 6) is 0. The van der Waals surface area contributed by atoms with Crippen LogP contribution in [-0.2, 0) is 22.9 Å². The van der Waals surface area contributed by atoms with Crippen molar-refractivity contribution in [1.29, 1.82) is 0 Å². The van der Waals surface area contributed by atoms with E-state index in [1.165, 1.54) is 24.0 Å². The van der Waals surface area contributed by atoms with Gasteiger partial charge in [0.25, 0.3) is 0 Å². The van der Waals surface area contributed by atoms with E-state index in [0.29, 0.717) is 19.5 Å². The van der Waals surface area contributed by atoms with E-state index in [1.807, 2.05) is 56.1 Å². The van der Waals surface area contributed by atoms with Gasteiger partial charge in [0.05, 0.1) is 4.90 Å². The van der Waals surface area contributed by atoms with Gasteiger partial charge in [-0.05, 0) is 56.4 Å². The molecule has 0 aromatic heterocycles. The molecule has 0 saturated carbocycles. The van der Waals surface area contributed by atoms with Crippen molar-refractivity contribution in [3.63, 3.8) is 0 Å². The summed E-state index contributed by atoms with van der Waals surface area (Å²) in [5, 5.41) is 0. The standard InChI is InChI=1S/C24H35N3O3S/c1-20(2)27(24(28)26(5)18-9-12-21-10-7-6-8-11-21)19-17-22-13-15-23(16-14-22)31(29,30)25(3)4/h6-8,10-11,13-16,20H,9,12,17-19H2,1-5H3. The third kappa shape index (κ3) is 7.08. The Hall–Kier alpha value is -2.38. The molecule has 0 aliphatic carbocycles. The molecule has 2 aromatic carbocycles. The second-order valence-corrected chi connectivity index (χ2v) is 10.4. The summed E-state index contributed by atoms with van der Waals surface area (Å²) < 4.78 is 25.6. The van der Waals surface area contributed by atoms with Crippen molar-refractivity contribution in [3.8, 4) is 0 Å². The Morgan fingerprint density at radius 3 is 1.97 bits per heavy atom. The number of rotatable bonds is 10. The van der Waals surface area contributed by atoms with Gasteiger partial charge >= 0.3 is 6.03 Å². The van der Waals surface area contributed by atoms with Gasteiger partial charge in [-0.15, -0.1) is 0 Å². The summed E-state index contributed by atoms with van der Waals surface area (Å²) in [4.78, 5) is 16.9. The number of carbonyl (C=O) groups is 1. The average Bonchev–Trinajstić information content (AvgIpc) is 2.74. The summed E-state index contributed by atoms with van der Waals surface area (Å²) in [6, 6.07) is 17.3. The molecule has 0 N–H and O–H groups in total. The highest BCUT2D eigenvalue weighted by atomic mass is 32.2. The predicted molar refractivity (Wildman–Crippen MR) is 126 cm³/mol. The molecule has 0 fully saturated rings. The Morgan fingerprint density at radius 2 is 1.42 bits per heavy atom. The number of amides is 2.